The number of nitrogens with zero attached hydrogens (tertiary/aromatic N) is 4. The topological polar surface area (TPSA) is 15.3 Å². The van der Waals surface area contributed by atoms with Gasteiger partial charge in [0.25, 0.3) is 0 Å². The largest absolute Gasteiger partial charge is 0.309 e. The Hall–Kier alpha value is -9.38. The first-order valence-electron chi connectivity index (χ1n) is 26.8. The summed E-state index contributed by atoms with van der Waals surface area (Å²) in [6.07, 6.45) is 0. The van der Waals surface area contributed by atoms with Crippen molar-refractivity contribution in [1.29, 1.82) is 0 Å². The van der Waals surface area contributed by atoms with Crippen molar-refractivity contribution < 1.29 is 0 Å². The van der Waals surface area contributed by atoms with Gasteiger partial charge >= 0.3 is 0 Å². The lowest BCUT2D eigenvalue weighted by molar-refractivity contribution is 0.867. The highest BCUT2D eigenvalue weighted by Gasteiger charge is 2.29. The van der Waals surface area contributed by atoms with E-state index < -0.39 is 0 Å². The highest BCUT2D eigenvalue weighted by atomic mass is 15.2. The Balaban J connectivity index is 1.01. The van der Waals surface area contributed by atoms with Crippen molar-refractivity contribution in [3.8, 4) is 22.3 Å². The quantitative estimate of drug-likeness (QED) is 0.136. The van der Waals surface area contributed by atoms with E-state index in [1.54, 1.807) is 0 Å². The van der Waals surface area contributed by atoms with Gasteiger partial charge in [0.1, 0.15) is 0 Å². The van der Waals surface area contributed by atoms with Crippen molar-refractivity contribution >= 4 is 110 Å². The fourth-order valence-electron chi connectivity index (χ4n) is 12.7. The van der Waals surface area contributed by atoms with Gasteiger partial charge in [-0.15, -0.1) is 0 Å². The van der Waals surface area contributed by atoms with Gasteiger partial charge in [-0.25, -0.2) is 0 Å². The Kier molecular flexibility index (Phi) is 9.93. The standard InChI is InChI=1S/C72H54N4/c1-45(2)49-33-37-63(57(41-49)47-21-9-5-10-22-47)73(51-25-13-7-14-26-51)65-39-35-53-59-43-68-60(44-67(59)75-61-31-19-17-29-55(61)69(65)71(53)75)54-36-40-66(70-56-30-18-20-32-62(56)76(68)72(54)70)74(52-27-15-8-16-28-52)64-38-34-50(46(3)4)42-58(64)48-23-11-6-12-24-48/h5-46H,1-4H3. The number of hydrogen-bond acceptors (Lipinski definition) is 2. The van der Waals surface area contributed by atoms with Gasteiger partial charge in [0.15, 0.2) is 0 Å². The zero-order chi connectivity index (χ0) is 50.8. The van der Waals surface area contributed by atoms with Gasteiger partial charge in [-0.2, -0.15) is 0 Å². The van der Waals surface area contributed by atoms with Crippen LogP contribution in [-0.4, -0.2) is 8.80 Å². The number of rotatable bonds is 10. The van der Waals surface area contributed by atoms with E-state index in [2.05, 4.69) is 289 Å². The molecule has 15 rings (SSSR count). The maximum atomic E-state index is 2.56. The minimum atomic E-state index is 0.388. The molecule has 0 amide bonds. The Morgan fingerprint density at radius 2 is 0.645 bits per heavy atom. The second-order valence-electron chi connectivity index (χ2n) is 21.2. The molecule has 0 aliphatic rings. The molecular weight excluding hydrogens is 921 g/mol. The first-order valence-corrected chi connectivity index (χ1v) is 26.8. The van der Waals surface area contributed by atoms with Crippen LogP contribution in [0, 0.1) is 0 Å². The highest BCUT2D eigenvalue weighted by molar-refractivity contribution is 6.32. The predicted molar refractivity (Wildman–Crippen MR) is 324 cm³/mol. The van der Waals surface area contributed by atoms with E-state index >= 15 is 0 Å². The summed E-state index contributed by atoms with van der Waals surface area (Å²) in [5, 5.41) is 9.96. The lowest BCUT2D eigenvalue weighted by atomic mass is 9.94. The molecule has 0 radical (unpaired) electrons. The zero-order valence-corrected chi connectivity index (χ0v) is 43.0. The third-order valence-corrected chi connectivity index (χ3v) is 16.3. The smallest absolute Gasteiger partial charge is 0.0641 e. The van der Waals surface area contributed by atoms with Crippen LogP contribution in [0.25, 0.3) is 98.4 Å². The summed E-state index contributed by atoms with van der Waals surface area (Å²) < 4.78 is 5.12. The fraction of sp³-hybridized carbons (Fsp3) is 0.0833. The van der Waals surface area contributed by atoms with E-state index in [1.165, 1.54) is 110 Å². The number of benzene rings is 11. The molecule has 4 heteroatoms. The first-order chi connectivity index (χ1) is 37.4. The molecule has 4 heterocycles. The van der Waals surface area contributed by atoms with Crippen LogP contribution < -0.4 is 9.80 Å². The molecule has 362 valence electrons. The van der Waals surface area contributed by atoms with Gasteiger partial charge in [0.05, 0.1) is 55.8 Å². The van der Waals surface area contributed by atoms with E-state index in [-0.39, 0.29) is 0 Å². The van der Waals surface area contributed by atoms with Gasteiger partial charge in [-0.3, -0.25) is 0 Å². The number of aromatic nitrogens is 2. The summed E-state index contributed by atoms with van der Waals surface area (Å²) in [7, 11) is 0. The van der Waals surface area contributed by atoms with Crippen LogP contribution in [-0.2, 0) is 0 Å². The molecule has 0 atom stereocenters. The maximum Gasteiger partial charge on any atom is 0.0641 e. The highest BCUT2D eigenvalue weighted by Crippen LogP contribution is 2.53. The Morgan fingerprint density at radius 1 is 0.289 bits per heavy atom. The van der Waals surface area contributed by atoms with Crippen molar-refractivity contribution in [2.45, 2.75) is 39.5 Å². The van der Waals surface area contributed by atoms with E-state index in [9.17, 15) is 0 Å². The second-order valence-corrected chi connectivity index (χ2v) is 21.2. The van der Waals surface area contributed by atoms with Crippen LogP contribution in [0.2, 0.25) is 0 Å². The number of hydrogen-bond donors (Lipinski definition) is 0. The SMILES string of the molecule is CC(C)c1ccc(N(c2ccccc2)c2ccc3c4cc5c(cc4n4c6ccccc6c2c34)c2ccc(N(c3ccccc3)c3ccc(C(C)C)cc3-c3ccccc3)c3c4ccccc4n5c23)c(-c2ccccc2)c1. The second kappa shape index (κ2) is 17.1. The number of para-hydroxylation sites is 4. The lowest BCUT2D eigenvalue weighted by Gasteiger charge is -2.29. The van der Waals surface area contributed by atoms with Crippen LogP contribution in [0.3, 0.4) is 0 Å². The minimum Gasteiger partial charge on any atom is -0.309 e. The van der Waals surface area contributed by atoms with Gasteiger partial charge < -0.3 is 18.6 Å². The molecule has 0 saturated heterocycles. The van der Waals surface area contributed by atoms with Crippen LogP contribution >= 0.6 is 0 Å². The maximum absolute atomic E-state index is 2.56. The Bertz CT molecular complexity index is 4380. The fourth-order valence-corrected chi connectivity index (χ4v) is 12.7. The van der Waals surface area contributed by atoms with Gasteiger partial charge in [0, 0.05) is 65.6 Å². The Morgan fingerprint density at radius 3 is 1.04 bits per heavy atom. The van der Waals surface area contributed by atoms with Crippen LogP contribution in [0.4, 0.5) is 34.1 Å². The lowest BCUT2D eigenvalue weighted by Crippen LogP contribution is -2.12. The van der Waals surface area contributed by atoms with E-state index in [0.717, 1.165) is 34.1 Å². The summed E-state index contributed by atoms with van der Waals surface area (Å²) in [5.41, 5.74) is 21.6. The van der Waals surface area contributed by atoms with Crippen molar-refractivity contribution in [2.75, 3.05) is 9.80 Å². The van der Waals surface area contributed by atoms with Crippen molar-refractivity contribution in [3.63, 3.8) is 0 Å². The zero-order valence-electron chi connectivity index (χ0n) is 43.0. The molecule has 0 aliphatic carbocycles. The summed E-state index contributed by atoms with van der Waals surface area (Å²) in [4.78, 5) is 5.00. The average molecular weight is 975 g/mol. The molecule has 0 fully saturated rings. The molecule has 0 bridgehead atoms. The third kappa shape index (κ3) is 6.50. The third-order valence-electron chi connectivity index (χ3n) is 16.3. The molecule has 0 saturated carbocycles. The normalized spacial score (nSPS) is 12.2. The minimum absolute atomic E-state index is 0.388. The Labute approximate surface area is 442 Å². The van der Waals surface area contributed by atoms with E-state index in [4.69, 9.17) is 0 Å². The molecule has 4 aromatic heterocycles. The number of fused-ring (bicyclic) bond motifs is 12. The molecule has 0 unspecified atom stereocenters. The molecule has 0 N–H and O–H groups in total. The van der Waals surface area contributed by atoms with Crippen LogP contribution in [0.15, 0.2) is 243 Å². The molecular formula is C72H54N4. The van der Waals surface area contributed by atoms with Crippen molar-refractivity contribution in [2.24, 2.45) is 0 Å². The monoisotopic (exact) mass is 974 g/mol. The predicted octanol–water partition coefficient (Wildman–Crippen LogP) is 20.5. The van der Waals surface area contributed by atoms with Gasteiger partial charge in [0.2, 0.25) is 0 Å². The molecule has 11 aromatic carbocycles. The average Bonchev–Trinajstić information content (AvgIpc) is 4.34. The molecule has 4 nitrogen and oxygen atoms in total. The van der Waals surface area contributed by atoms with Crippen LogP contribution in [0.5, 0.6) is 0 Å². The summed E-state index contributed by atoms with van der Waals surface area (Å²) >= 11 is 0. The van der Waals surface area contributed by atoms with Gasteiger partial charge in [-0.05, 0) is 119 Å². The summed E-state index contributed by atoms with van der Waals surface area (Å²) in [6, 6.07) is 90.4. The molecule has 15 aromatic rings. The number of anilines is 6. The summed E-state index contributed by atoms with van der Waals surface area (Å²) in [6.45, 7) is 9.13. The molecule has 0 spiro atoms. The molecule has 0 aliphatic heterocycles. The van der Waals surface area contributed by atoms with Crippen molar-refractivity contribution in [1.82, 2.24) is 8.80 Å². The summed E-state index contributed by atoms with van der Waals surface area (Å²) in [5.74, 6) is 0.776. The van der Waals surface area contributed by atoms with Crippen molar-refractivity contribution in [3.05, 3.63) is 254 Å². The van der Waals surface area contributed by atoms with Crippen LogP contribution in [0.1, 0.15) is 50.7 Å². The van der Waals surface area contributed by atoms with E-state index in [0.29, 0.717) is 11.8 Å². The first kappa shape index (κ1) is 44.1. The molecule has 76 heavy (non-hydrogen) atoms. The van der Waals surface area contributed by atoms with Gasteiger partial charge in [-0.1, -0.05) is 185 Å². The van der Waals surface area contributed by atoms with E-state index in [1.807, 2.05) is 0 Å².